The summed E-state index contributed by atoms with van der Waals surface area (Å²) in [6.07, 6.45) is 0. The Morgan fingerprint density at radius 1 is 1.26 bits per heavy atom. The van der Waals surface area contributed by atoms with Gasteiger partial charge in [-0.25, -0.2) is 14.0 Å². The quantitative estimate of drug-likeness (QED) is 0.741. The van der Waals surface area contributed by atoms with Crippen molar-refractivity contribution in [2.75, 3.05) is 32.5 Å². The molecule has 0 aliphatic carbocycles. The van der Waals surface area contributed by atoms with E-state index in [1.807, 2.05) is 0 Å². The molecule has 23 heavy (non-hydrogen) atoms. The van der Waals surface area contributed by atoms with Crippen molar-refractivity contribution in [1.82, 2.24) is 0 Å². The first-order valence-corrected chi connectivity index (χ1v) is 7.40. The molecule has 6 nitrogen and oxygen atoms in total. The molecule has 1 aromatic rings. The second-order valence-electron chi connectivity index (χ2n) is 4.77. The standard InChI is InChI=1S/C15H15BrFNO5/c1-8-4-12(10(16)5-11(8)17)18-7-23-6-9(14(19)21-2)13(18)15(20)22-3/h4-5H,6-7H2,1-3H3. The van der Waals surface area contributed by atoms with Gasteiger partial charge in [-0.1, -0.05) is 0 Å². The van der Waals surface area contributed by atoms with Crippen LogP contribution < -0.4 is 4.90 Å². The van der Waals surface area contributed by atoms with Crippen molar-refractivity contribution in [2.24, 2.45) is 0 Å². The van der Waals surface area contributed by atoms with E-state index in [1.54, 1.807) is 13.0 Å². The van der Waals surface area contributed by atoms with Crippen LogP contribution >= 0.6 is 15.9 Å². The van der Waals surface area contributed by atoms with Gasteiger partial charge in [0.25, 0.3) is 0 Å². The summed E-state index contributed by atoms with van der Waals surface area (Å²) < 4.78 is 28.9. The number of halogens is 2. The molecule has 124 valence electrons. The summed E-state index contributed by atoms with van der Waals surface area (Å²) >= 11 is 3.26. The van der Waals surface area contributed by atoms with Crippen LogP contribution in [0.4, 0.5) is 10.1 Å². The van der Waals surface area contributed by atoms with Crippen LogP contribution in [0.3, 0.4) is 0 Å². The molecule has 2 rings (SSSR count). The predicted molar refractivity (Wildman–Crippen MR) is 83.2 cm³/mol. The summed E-state index contributed by atoms with van der Waals surface area (Å²) in [5.74, 6) is -1.79. The van der Waals surface area contributed by atoms with E-state index >= 15 is 0 Å². The third kappa shape index (κ3) is 3.37. The number of esters is 2. The number of hydrogen-bond donors (Lipinski definition) is 0. The molecular weight excluding hydrogens is 373 g/mol. The molecule has 1 aliphatic rings. The molecule has 0 saturated heterocycles. The molecule has 0 unspecified atom stereocenters. The topological polar surface area (TPSA) is 65.1 Å². The Labute approximate surface area is 140 Å². The number of methoxy groups -OCH3 is 2. The third-order valence-electron chi connectivity index (χ3n) is 3.35. The average Bonchev–Trinajstić information content (AvgIpc) is 2.56. The first-order valence-electron chi connectivity index (χ1n) is 6.61. The Hall–Kier alpha value is -1.93. The van der Waals surface area contributed by atoms with E-state index in [0.29, 0.717) is 15.7 Å². The van der Waals surface area contributed by atoms with Gasteiger partial charge in [-0.3, -0.25) is 0 Å². The van der Waals surface area contributed by atoms with Gasteiger partial charge in [-0.15, -0.1) is 0 Å². The van der Waals surface area contributed by atoms with Crippen LogP contribution in [0.1, 0.15) is 5.56 Å². The molecule has 1 heterocycles. The number of carbonyl (C=O) groups excluding carboxylic acids is 2. The van der Waals surface area contributed by atoms with Crippen molar-refractivity contribution in [1.29, 1.82) is 0 Å². The molecule has 8 heteroatoms. The SMILES string of the molecule is COC(=O)C1=C(C(=O)OC)N(c2cc(C)c(F)cc2Br)COC1. The van der Waals surface area contributed by atoms with E-state index in [0.717, 1.165) is 0 Å². The minimum absolute atomic E-state index is 0.00853. The second-order valence-corrected chi connectivity index (χ2v) is 5.62. The highest BCUT2D eigenvalue weighted by atomic mass is 79.9. The fourth-order valence-corrected chi connectivity index (χ4v) is 2.71. The van der Waals surface area contributed by atoms with Crippen molar-refractivity contribution in [3.63, 3.8) is 0 Å². The van der Waals surface area contributed by atoms with Gasteiger partial charge in [-0.05, 0) is 40.5 Å². The van der Waals surface area contributed by atoms with Gasteiger partial charge in [-0.2, -0.15) is 0 Å². The molecular formula is C15H15BrFNO5. The largest absolute Gasteiger partial charge is 0.466 e. The number of aryl methyl sites for hydroxylation is 1. The first-order chi connectivity index (χ1) is 10.9. The lowest BCUT2D eigenvalue weighted by Gasteiger charge is -2.32. The van der Waals surface area contributed by atoms with Gasteiger partial charge in [0.05, 0.1) is 32.1 Å². The van der Waals surface area contributed by atoms with Crippen LogP contribution in [0.15, 0.2) is 27.9 Å². The van der Waals surface area contributed by atoms with Crippen molar-refractivity contribution < 1.29 is 28.2 Å². The van der Waals surface area contributed by atoms with Crippen molar-refractivity contribution in [3.05, 3.63) is 39.3 Å². The van der Waals surface area contributed by atoms with E-state index in [2.05, 4.69) is 20.7 Å². The number of nitrogens with zero attached hydrogens (tertiary/aromatic N) is 1. The maximum Gasteiger partial charge on any atom is 0.355 e. The lowest BCUT2D eigenvalue weighted by molar-refractivity contribution is -0.140. The lowest BCUT2D eigenvalue weighted by Crippen LogP contribution is -2.39. The lowest BCUT2D eigenvalue weighted by atomic mass is 10.1. The van der Waals surface area contributed by atoms with E-state index in [-0.39, 0.29) is 24.6 Å². The fourth-order valence-electron chi connectivity index (χ4n) is 2.18. The number of carbonyl (C=O) groups is 2. The summed E-state index contributed by atoms with van der Waals surface area (Å²) in [7, 11) is 2.42. The number of anilines is 1. The zero-order valence-corrected chi connectivity index (χ0v) is 14.4. The molecule has 0 aromatic heterocycles. The van der Waals surface area contributed by atoms with Crippen LogP contribution in [0.25, 0.3) is 0 Å². The monoisotopic (exact) mass is 387 g/mol. The zero-order valence-electron chi connectivity index (χ0n) is 12.8. The van der Waals surface area contributed by atoms with Gasteiger partial charge >= 0.3 is 11.9 Å². The summed E-state index contributed by atoms with van der Waals surface area (Å²) in [5, 5.41) is 0. The summed E-state index contributed by atoms with van der Waals surface area (Å²) in [4.78, 5) is 25.5. The fraction of sp³-hybridized carbons (Fsp3) is 0.333. The first kappa shape index (κ1) is 17.4. The Kier molecular flexibility index (Phi) is 5.38. The third-order valence-corrected chi connectivity index (χ3v) is 3.99. The Bertz CT molecular complexity index is 689. The maximum absolute atomic E-state index is 13.7. The molecule has 1 aliphatic heterocycles. The van der Waals surface area contributed by atoms with Crippen LogP contribution in [0.2, 0.25) is 0 Å². The molecule has 1 aromatic carbocycles. The molecule has 0 bridgehead atoms. The van der Waals surface area contributed by atoms with Gasteiger partial charge in [0.1, 0.15) is 18.2 Å². The zero-order chi connectivity index (χ0) is 17.1. The second kappa shape index (κ2) is 7.10. The Balaban J connectivity index is 2.62. The van der Waals surface area contributed by atoms with Crippen LogP contribution in [-0.4, -0.2) is 39.5 Å². The summed E-state index contributed by atoms with van der Waals surface area (Å²) in [5.41, 5.74) is 0.916. The molecule has 0 amide bonds. The van der Waals surface area contributed by atoms with Gasteiger partial charge < -0.3 is 19.1 Å². The van der Waals surface area contributed by atoms with Crippen LogP contribution in [-0.2, 0) is 23.8 Å². The molecule has 0 fully saturated rings. The Morgan fingerprint density at radius 2 is 1.91 bits per heavy atom. The summed E-state index contributed by atoms with van der Waals surface area (Å²) in [6.45, 7) is 1.53. The number of ether oxygens (including phenoxy) is 3. The van der Waals surface area contributed by atoms with Crippen LogP contribution in [0.5, 0.6) is 0 Å². The van der Waals surface area contributed by atoms with Gasteiger partial charge in [0, 0.05) is 4.47 Å². The maximum atomic E-state index is 13.7. The van der Waals surface area contributed by atoms with Crippen molar-refractivity contribution in [2.45, 2.75) is 6.92 Å². The highest BCUT2D eigenvalue weighted by Crippen LogP contribution is 2.34. The number of rotatable bonds is 3. The molecule has 0 radical (unpaired) electrons. The van der Waals surface area contributed by atoms with E-state index in [4.69, 9.17) is 9.47 Å². The van der Waals surface area contributed by atoms with Gasteiger partial charge in [0.2, 0.25) is 0 Å². The predicted octanol–water partition coefficient (Wildman–Crippen LogP) is 2.29. The van der Waals surface area contributed by atoms with Crippen molar-refractivity contribution in [3.8, 4) is 0 Å². The Morgan fingerprint density at radius 3 is 2.52 bits per heavy atom. The average molecular weight is 388 g/mol. The number of hydrogen-bond acceptors (Lipinski definition) is 6. The molecule has 0 N–H and O–H groups in total. The highest BCUT2D eigenvalue weighted by molar-refractivity contribution is 9.10. The van der Waals surface area contributed by atoms with E-state index in [9.17, 15) is 14.0 Å². The molecule has 0 atom stereocenters. The van der Waals surface area contributed by atoms with E-state index < -0.39 is 17.8 Å². The highest BCUT2D eigenvalue weighted by Gasteiger charge is 2.33. The van der Waals surface area contributed by atoms with E-state index in [1.165, 1.54) is 25.2 Å². The normalized spacial score (nSPS) is 14.7. The number of benzene rings is 1. The minimum Gasteiger partial charge on any atom is -0.466 e. The molecule has 0 spiro atoms. The van der Waals surface area contributed by atoms with Crippen LogP contribution in [0, 0.1) is 12.7 Å². The minimum atomic E-state index is -0.706. The summed E-state index contributed by atoms with van der Waals surface area (Å²) in [6, 6.07) is 2.83. The molecule has 0 saturated carbocycles. The van der Waals surface area contributed by atoms with Gasteiger partial charge in [0.15, 0.2) is 0 Å². The smallest absolute Gasteiger partial charge is 0.355 e. The van der Waals surface area contributed by atoms with Crippen molar-refractivity contribution >= 4 is 33.6 Å².